The van der Waals surface area contributed by atoms with E-state index >= 15 is 0 Å². The van der Waals surface area contributed by atoms with Crippen molar-refractivity contribution in [2.75, 3.05) is 5.75 Å². The normalized spacial score (nSPS) is 26.1. The van der Waals surface area contributed by atoms with Crippen LogP contribution in [0.5, 0.6) is 0 Å². The third kappa shape index (κ3) is 3.04. The molecule has 2 N–H and O–H groups in total. The summed E-state index contributed by atoms with van der Waals surface area (Å²) in [5.74, 6) is 1.01. The smallest absolute Gasteiger partial charge is 0.127 e. The quantitative estimate of drug-likeness (QED) is 0.919. The first-order valence-corrected chi connectivity index (χ1v) is 7.62. The lowest BCUT2D eigenvalue weighted by Crippen LogP contribution is -2.42. The van der Waals surface area contributed by atoms with Crippen LogP contribution in [0.15, 0.2) is 22.7 Å². The number of benzene rings is 1. The van der Waals surface area contributed by atoms with Crippen LogP contribution in [0.4, 0.5) is 4.39 Å². The van der Waals surface area contributed by atoms with E-state index in [9.17, 15) is 4.39 Å². The van der Waals surface area contributed by atoms with Crippen molar-refractivity contribution >= 4 is 27.7 Å². The van der Waals surface area contributed by atoms with Gasteiger partial charge in [0, 0.05) is 15.3 Å². The van der Waals surface area contributed by atoms with Gasteiger partial charge in [-0.1, -0.05) is 22.0 Å². The third-order valence-corrected chi connectivity index (χ3v) is 5.64. The van der Waals surface area contributed by atoms with E-state index in [2.05, 4.69) is 22.9 Å². The van der Waals surface area contributed by atoms with Crippen LogP contribution in [-0.2, 0) is 6.42 Å². The minimum Gasteiger partial charge on any atom is -0.326 e. The molecule has 1 aromatic carbocycles. The summed E-state index contributed by atoms with van der Waals surface area (Å²) in [6, 6.07) is 5.22. The van der Waals surface area contributed by atoms with E-state index in [-0.39, 0.29) is 16.6 Å². The molecule has 2 unspecified atom stereocenters. The highest BCUT2D eigenvalue weighted by molar-refractivity contribution is 9.10. The number of hydrogen-bond acceptors (Lipinski definition) is 2. The zero-order valence-electron chi connectivity index (χ0n) is 9.88. The second-order valence-corrected chi connectivity index (χ2v) is 7.36. The van der Waals surface area contributed by atoms with E-state index in [1.165, 1.54) is 18.2 Å². The second-order valence-electron chi connectivity index (χ2n) is 4.81. The van der Waals surface area contributed by atoms with Crippen molar-refractivity contribution in [3.05, 3.63) is 34.1 Å². The van der Waals surface area contributed by atoms with E-state index in [0.29, 0.717) is 6.42 Å². The van der Waals surface area contributed by atoms with Gasteiger partial charge in [-0.3, -0.25) is 0 Å². The molecule has 0 spiro atoms. The number of halogens is 2. The molecule has 0 radical (unpaired) electrons. The molecule has 1 aliphatic rings. The van der Waals surface area contributed by atoms with Gasteiger partial charge >= 0.3 is 0 Å². The van der Waals surface area contributed by atoms with Gasteiger partial charge < -0.3 is 5.73 Å². The predicted octanol–water partition coefficient (Wildman–Crippen LogP) is 3.74. The topological polar surface area (TPSA) is 26.0 Å². The summed E-state index contributed by atoms with van der Waals surface area (Å²) in [5.41, 5.74) is 6.97. The molecule has 1 fully saturated rings. The molecule has 1 saturated heterocycles. The Morgan fingerprint density at radius 1 is 1.59 bits per heavy atom. The summed E-state index contributed by atoms with van der Waals surface area (Å²) in [7, 11) is 0. The molecular formula is C13H17BrFNS. The van der Waals surface area contributed by atoms with Crippen LogP contribution in [-0.4, -0.2) is 16.5 Å². The SMILES string of the molecule is CC1(C(N)Cc2ccc(Br)cc2F)CCCS1. The summed E-state index contributed by atoms with van der Waals surface area (Å²) in [6.45, 7) is 2.20. The Kier molecular flexibility index (Phi) is 4.16. The predicted molar refractivity (Wildman–Crippen MR) is 75.9 cm³/mol. The summed E-state index contributed by atoms with van der Waals surface area (Å²) < 4.78 is 14.6. The molecule has 0 bridgehead atoms. The first-order chi connectivity index (χ1) is 8.01. The zero-order chi connectivity index (χ0) is 12.5. The molecule has 0 amide bonds. The van der Waals surface area contributed by atoms with Gasteiger partial charge in [-0.25, -0.2) is 4.39 Å². The number of hydrogen-bond donors (Lipinski definition) is 1. The summed E-state index contributed by atoms with van der Waals surface area (Å²) in [4.78, 5) is 0. The molecule has 1 nitrogen and oxygen atoms in total. The average molecular weight is 318 g/mol. The van der Waals surface area contributed by atoms with E-state index < -0.39 is 0 Å². The van der Waals surface area contributed by atoms with Crippen molar-refractivity contribution in [3.8, 4) is 0 Å². The number of rotatable bonds is 3. The van der Waals surface area contributed by atoms with Crippen LogP contribution in [0.25, 0.3) is 0 Å². The van der Waals surface area contributed by atoms with Gasteiger partial charge in [0.25, 0.3) is 0 Å². The Bertz CT molecular complexity index is 404. The molecule has 4 heteroatoms. The molecule has 1 heterocycles. The van der Waals surface area contributed by atoms with Crippen molar-refractivity contribution in [2.45, 2.75) is 37.0 Å². The standard InChI is InChI=1S/C13H17BrFNS/c1-13(5-2-6-17-13)12(16)7-9-3-4-10(14)8-11(9)15/h3-4,8,12H,2,5-7,16H2,1H3. The van der Waals surface area contributed by atoms with Gasteiger partial charge in [-0.2, -0.15) is 11.8 Å². The van der Waals surface area contributed by atoms with Gasteiger partial charge in [-0.05, 0) is 49.6 Å². The Balaban J connectivity index is 2.10. The summed E-state index contributed by atoms with van der Waals surface area (Å²) in [5, 5.41) is 0. The van der Waals surface area contributed by atoms with Crippen LogP contribution < -0.4 is 5.73 Å². The van der Waals surface area contributed by atoms with Crippen molar-refractivity contribution in [3.63, 3.8) is 0 Å². The molecule has 1 aliphatic heterocycles. The van der Waals surface area contributed by atoms with Crippen LogP contribution in [0.3, 0.4) is 0 Å². The van der Waals surface area contributed by atoms with Crippen molar-refractivity contribution in [1.82, 2.24) is 0 Å². The minimum absolute atomic E-state index is 0.0191. The maximum absolute atomic E-state index is 13.7. The van der Waals surface area contributed by atoms with E-state index in [4.69, 9.17) is 5.73 Å². The molecule has 0 aromatic heterocycles. The molecule has 1 aromatic rings. The highest BCUT2D eigenvalue weighted by Crippen LogP contribution is 2.40. The molecule has 0 aliphatic carbocycles. The van der Waals surface area contributed by atoms with E-state index in [1.54, 1.807) is 0 Å². The fourth-order valence-electron chi connectivity index (χ4n) is 2.23. The lowest BCUT2D eigenvalue weighted by molar-refractivity contribution is 0.473. The van der Waals surface area contributed by atoms with Crippen molar-refractivity contribution in [2.24, 2.45) is 5.73 Å². The fourth-order valence-corrected chi connectivity index (χ4v) is 3.91. The van der Waals surface area contributed by atoms with E-state index in [1.807, 2.05) is 23.9 Å². The zero-order valence-corrected chi connectivity index (χ0v) is 12.3. The molecule has 17 heavy (non-hydrogen) atoms. The van der Waals surface area contributed by atoms with Crippen LogP contribution in [0, 0.1) is 5.82 Å². The average Bonchev–Trinajstić information content (AvgIpc) is 2.71. The first kappa shape index (κ1) is 13.4. The minimum atomic E-state index is -0.165. The maximum Gasteiger partial charge on any atom is 0.127 e. The Labute approximate surface area is 114 Å². The summed E-state index contributed by atoms with van der Waals surface area (Å²) >= 11 is 5.19. The Morgan fingerprint density at radius 2 is 2.35 bits per heavy atom. The van der Waals surface area contributed by atoms with Crippen molar-refractivity contribution < 1.29 is 4.39 Å². The first-order valence-electron chi connectivity index (χ1n) is 5.85. The summed E-state index contributed by atoms with van der Waals surface area (Å²) in [6.07, 6.45) is 2.97. The monoisotopic (exact) mass is 317 g/mol. The van der Waals surface area contributed by atoms with Gasteiger partial charge in [-0.15, -0.1) is 0 Å². The van der Waals surface area contributed by atoms with E-state index in [0.717, 1.165) is 16.5 Å². The van der Waals surface area contributed by atoms with Crippen LogP contribution in [0.1, 0.15) is 25.3 Å². The highest BCUT2D eigenvalue weighted by atomic mass is 79.9. The fraction of sp³-hybridized carbons (Fsp3) is 0.538. The number of thioether (sulfide) groups is 1. The van der Waals surface area contributed by atoms with Gasteiger partial charge in [0.15, 0.2) is 0 Å². The molecule has 0 saturated carbocycles. The molecule has 2 rings (SSSR count). The van der Waals surface area contributed by atoms with Gasteiger partial charge in [0.1, 0.15) is 5.82 Å². The lowest BCUT2D eigenvalue weighted by atomic mass is 9.91. The van der Waals surface area contributed by atoms with Gasteiger partial charge in [0.05, 0.1) is 0 Å². The largest absolute Gasteiger partial charge is 0.326 e. The maximum atomic E-state index is 13.7. The number of nitrogens with two attached hydrogens (primary N) is 1. The third-order valence-electron chi connectivity index (χ3n) is 3.49. The Morgan fingerprint density at radius 3 is 2.94 bits per heavy atom. The molecular weight excluding hydrogens is 301 g/mol. The molecule has 94 valence electrons. The lowest BCUT2D eigenvalue weighted by Gasteiger charge is -2.30. The second kappa shape index (κ2) is 5.29. The Hall–Kier alpha value is -0.0600. The molecule has 2 atom stereocenters. The van der Waals surface area contributed by atoms with Crippen molar-refractivity contribution in [1.29, 1.82) is 0 Å². The van der Waals surface area contributed by atoms with Gasteiger partial charge in [0.2, 0.25) is 0 Å². The van der Waals surface area contributed by atoms with Crippen LogP contribution >= 0.6 is 27.7 Å². The van der Waals surface area contributed by atoms with Crippen LogP contribution in [0.2, 0.25) is 0 Å². The highest BCUT2D eigenvalue weighted by Gasteiger charge is 2.35.